The fraction of sp³-hybridized carbons (Fsp3) is 0.391. The van der Waals surface area contributed by atoms with E-state index >= 15 is 0 Å². The molecule has 0 aliphatic carbocycles. The summed E-state index contributed by atoms with van der Waals surface area (Å²) < 4.78 is 18.1. The predicted molar refractivity (Wildman–Crippen MR) is 125 cm³/mol. The summed E-state index contributed by atoms with van der Waals surface area (Å²) in [5, 5.41) is 0.331. The van der Waals surface area contributed by atoms with Crippen LogP contribution in [-0.4, -0.2) is 57.3 Å². The van der Waals surface area contributed by atoms with Crippen LogP contribution < -0.4 is 19.9 Å². The van der Waals surface area contributed by atoms with Crippen LogP contribution >= 0.6 is 11.6 Å². The molecule has 1 amide bonds. The maximum absolute atomic E-state index is 12.4. The van der Waals surface area contributed by atoms with Crippen molar-refractivity contribution in [2.24, 2.45) is 7.05 Å². The molecule has 0 unspecified atom stereocenters. The minimum Gasteiger partial charge on any atom is -0.490 e. The van der Waals surface area contributed by atoms with E-state index in [1.165, 1.54) is 27.9 Å². The number of hydrogen-bond donors (Lipinski definition) is 0. The molecule has 5 heterocycles. The van der Waals surface area contributed by atoms with Crippen molar-refractivity contribution in [3.8, 4) is 11.6 Å². The molecule has 0 N–H and O–H groups in total. The van der Waals surface area contributed by atoms with Gasteiger partial charge in [0.2, 0.25) is 5.88 Å². The quantitative estimate of drug-likeness (QED) is 0.450. The largest absolute Gasteiger partial charge is 0.490 e. The third-order valence-corrected chi connectivity index (χ3v) is 6.16. The van der Waals surface area contributed by atoms with E-state index in [0.29, 0.717) is 65.2 Å². The normalized spacial score (nSPS) is 17.3. The highest BCUT2D eigenvalue weighted by Gasteiger charge is 2.34. The first kappa shape index (κ1) is 23.0. The van der Waals surface area contributed by atoms with Gasteiger partial charge in [0.05, 0.1) is 37.5 Å². The topological polar surface area (TPSA) is 126 Å². The van der Waals surface area contributed by atoms with E-state index in [1.54, 1.807) is 13.1 Å². The van der Waals surface area contributed by atoms with Crippen LogP contribution in [0.3, 0.4) is 0 Å². The minimum absolute atomic E-state index is 0.0136. The minimum atomic E-state index is -0.500. The Hall–Kier alpha value is -3.73. The number of rotatable bonds is 7. The molecule has 0 aromatic carbocycles. The van der Waals surface area contributed by atoms with E-state index in [4.69, 9.17) is 25.8 Å². The van der Waals surface area contributed by atoms with Gasteiger partial charge in [0.15, 0.2) is 17.4 Å². The van der Waals surface area contributed by atoms with Crippen molar-refractivity contribution in [2.75, 3.05) is 24.7 Å². The number of hydrogen-bond acceptors (Lipinski definition) is 9. The highest BCUT2D eigenvalue weighted by Crippen LogP contribution is 2.31. The molecule has 3 aromatic rings. The molecule has 11 nitrogen and oxygen atoms in total. The lowest BCUT2D eigenvalue weighted by Crippen LogP contribution is -2.28. The second-order valence-corrected chi connectivity index (χ2v) is 8.75. The van der Waals surface area contributed by atoms with Crippen LogP contribution in [-0.2, 0) is 23.0 Å². The van der Waals surface area contributed by atoms with E-state index in [2.05, 4.69) is 15.0 Å². The number of aromatic nitrogens is 4. The van der Waals surface area contributed by atoms with Crippen LogP contribution in [0.5, 0.6) is 11.6 Å². The number of ketones is 1. The number of amides is 1. The summed E-state index contributed by atoms with van der Waals surface area (Å²) in [7, 11) is 1.65. The third kappa shape index (κ3) is 4.63. The van der Waals surface area contributed by atoms with Gasteiger partial charge in [0, 0.05) is 13.1 Å². The molecule has 0 bridgehead atoms. The lowest BCUT2D eigenvalue weighted by molar-refractivity contribution is -0.121. The second-order valence-electron chi connectivity index (χ2n) is 8.34. The predicted octanol–water partition coefficient (Wildman–Crippen LogP) is 2.46. The first-order valence-corrected chi connectivity index (χ1v) is 11.5. The molecule has 2 aliphatic rings. The number of unbranched alkanes of at least 4 members (excludes halogenated alkanes) is 1. The van der Waals surface area contributed by atoms with Crippen molar-refractivity contribution in [3.63, 3.8) is 0 Å². The number of pyridine rings is 2. The number of nitrogens with zero attached hydrogens (tertiary/aromatic N) is 5. The average molecular weight is 500 g/mol. The van der Waals surface area contributed by atoms with E-state index in [0.717, 1.165) is 6.42 Å². The fourth-order valence-corrected chi connectivity index (χ4v) is 4.29. The van der Waals surface area contributed by atoms with Crippen molar-refractivity contribution >= 4 is 40.3 Å². The molecule has 1 atom stereocenters. The molecule has 182 valence electrons. The fourth-order valence-electron chi connectivity index (χ4n) is 4.10. The number of Topliss-reactive ketones (excluding diaryl/α,β-unsaturated/α-hetero) is 1. The zero-order valence-electron chi connectivity index (χ0n) is 18.9. The number of fused-ring (bicyclic) bond motifs is 2. The number of aryl methyl sites for hydroxylation is 1. The molecule has 35 heavy (non-hydrogen) atoms. The summed E-state index contributed by atoms with van der Waals surface area (Å²) in [4.78, 5) is 50.2. The van der Waals surface area contributed by atoms with Crippen molar-refractivity contribution in [1.29, 1.82) is 0 Å². The summed E-state index contributed by atoms with van der Waals surface area (Å²) >= 11 is 6.28. The number of halogens is 1. The summed E-state index contributed by atoms with van der Waals surface area (Å²) in [6.45, 7) is 0.696. The van der Waals surface area contributed by atoms with Crippen molar-refractivity contribution < 1.29 is 23.8 Å². The van der Waals surface area contributed by atoms with Gasteiger partial charge in [-0.25, -0.2) is 14.8 Å². The number of ether oxygens (including phenoxy) is 3. The molecule has 1 saturated heterocycles. The summed E-state index contributed by atoms with van der Waals surface area (Å²) in [5.74, 6) is 0.988. The average Bonchev–Trinajstić information content (AvgIpc) is 3.22. The van der Waals surface area contributed by atoms with Crippen LogP contribution in [0.2, 0.25) is 5.02 Å². The molecule has 1 fully saturated rings. The molecular formula is C23H22ClN5O6. The van der Waals surface area contributed by atoms with Gasteiger partial charge in [0.25, 0.3) is 5.56 Å². The van der Waals surface area contributed by atoms with Gasteiger partial charge in [-0.15, -0.1) is 0 Å². The third-order valence-electron chi connectivity index (χ3n) is 5.89. The number of cyclic esters (lactones) is 1. The van der Waals surface area contributed by atoms with Crippen LogP contribution in [0.15, 0.2) is 29.3 Å². The number of anilines is 1. The van der Waals surface area contributed by atoms with E-state index in [-0.39, 0.29) is 30.5 Å². The Bertz CT molecular complexity index is 1380. The van der Waals surface area contributed by atoms with Gasteiger partial charge >= 0.3 is 6.09 Å². The lowest BCUT2D eigenvalue weighted by Gasteiger charge is -2.17. The molecule has 3 aromatic heterocycles. The van der Waals surface area contributed by atoms with Gasteiger partial charge < -0.3 is 18.8 Å². The summed E-state index contributed by atoms with van der Waals surface area (Å²) in [6, 6.07) is 3.08. The molecule has 12 heteroatoms. The van der Waals surface area contributed by atoms with Crippen molar-refractivity contribution in [1.82, 2.24) is 19.5 Å². The lowest BCUT2D eigenvalue weighted by atomic mass is 10.1. The summed E-state index contributed by atoms with van der Waals surface area (Å²) in [5.41, 5.74) is 1.41. The molecular weight excluding hydrogens is 478 g/mol. The summed E-state index contributed by atoms with van der Waals surface area (Å²) in [6.07, 6.45) is 4.34. The van der Waals surface area contributed by atoms with E-state index in [9.17, 15) is 14.4 Å². The van der Waals surface area contributed by atoms with Gasteiger partial charge in [-0.1, -0.05) is 11.6 Å². The Morgan fingerprint density at radius 2 is 2.03 bits per heavy atom. The Labute approximate surface area is 204 Å². The number of carbonyl (C=O) groups excluding carboxylic acids is 2. The Balaban J connectivity index is 1.15. The van der Waals surface area contributed by atoms with Crippen molar-refractivity contribution in [3.05, 3.63) is 45.6 Å². The first-order valence-electron chi connectivity index (χ1n) is 11.2. The van der Waals surface area contributed by atoms with Crippen LogP contribution in [0, 0.1) is 0 Å². The van der Waals surface area contributed by atoms with Crippen LogP contribution in [0.1, 0.15) is 25.0 Å². The molecule has 2 aliphatic heterocycles. The van der Waals surface area contributed by atoms with Crippen LogP contribution in [0.25, 0.3) is 11.0 Å². The smallest absolute Gasteiger partial charge is 0.415 e. The highest BCUT2D eigenvalue weighted by molar-refractivity contribution is 6.32. The van der Waals surface area contributed by atoms with Gasteiger partial charge in [0.1, 0.15) is 28.9 Å². The number of carbonyl (C=O) groups is 2. The van der Waals surface area contributed by atoms with E-state index < -0.39 is 6.09 Å². The van der Waals surface area contributed by atoms with Gasteiger partial charge in [-0.2, -0.15) is 0 Å². The zero-order chi connectivity index (χ0) is 24.5. The maximum Gasteiger partial charge on any atom is 0.415 e. The highest BCUT2D eigenvalue weighted by atomic mass is 35.5. The maximum atomic E-state index is 12.4. The monoisotopic (exact) mass is 499 g/mol. The van der Waals surface area contributed by atoms with Crippen molar-refractivity contribution in [2.45, 2.75) is 31.8 Å². The molecule has 5 rings (SSSR count). The first-order chi connectivity index (χ1) is 16.9. The standard InChI is InChI=1S/C23H22ClN5O6/c1-28-19(31)6-5-16-20(28)21(15(24)9-25-16)33-7-3-2-4-14-11-29(23(32)35-14)18-10-26-22-17(27-18)8-13(30)12-34-22/h5-6,9-10,14H,2-4,7-8,11-12H2,1H3/t14-/m0/s1. The van der Waals surface area contributed by atoms with Gasteiger partial charge in [-0.3, -0.25) is 19.5 Å². The Kier molecular flexibility index (Phi) is 6.25. The van der Waals surface area contributed by atoms with Gasteiger partial charge in [-0.05, 0) is 25.3 Å². The van der Waals surface area contributed by atoms with Crippen LogP contribution in [0.4, 0.5) is 10.6 Å². The molecule has 0 spiro atoms. The zero-order valence-corrected chi connectivity index (χ0v) is 19.7. The Morgan fingerprint density at radius 3 is 2.89 bits per heavy atom. The second kappa shape index (κ2) is 9.49. The molecule has 0 radical (unpaired) electrons. The molecule has 0 saturated carbocycles. The SMILES string of the molecule is Cn1c(=O)ccc2ncc(Cl)c(OCCCC[C@H]3CN(c4cnc5c(n4)CC(=O)CO5)C(=O)O3)c21. The van der Waals surface area contributed by atoms with E-state index in [1.807, 2.05) is 0 Å². The Morgan fingerprint density at radius 1 is 1.17 bits per heavy atom.